The first-order valence-electron chi connectivity index (χ1n) is 5.81. The van der Waals surface area contributed by atoms with Crippen LogP contribution in [-0.4, -0.2) is 43.7 Å². The summed E-state index contributed by atoms with van der Waals surface area (Å²) in [5, 5.41) is 17.9. The van der Waals surface area contributed by atoms with Gasteiger partial charge in [-0.25, -0.2) is 9.78 Å². The van der Waals surface area contributed by atoms with Crippen LogP contribution >= 0.6 is 0 Å². The van der Waals surface area contributed by atoms with E-state index in [0.29, 0.717) is 11.3 Å². The second-order valence-electron chi connectivity index (χ2n) is 4.16. The Kier molecular flexibility index (Phi) is 3.07. The fourth-order valence-electron chi connectivity index (χ4n) is 2.03. The molecule has 2 aromatic heterocycles. The summed E-state index contributed by atoms with van der Waals surface area (Å²) in [6.45, 7) is -0.290. The highest BCUT2D eigenvalue weighted by atomic mass is 16.7. The highest BCUT2D eigenvalue weighted by Crippen LogP contribution is 2.19. The lowest BCUT2D eigenvalue weighted by Crippen LogP contribution is -2.30. The van der Waals surface area contributed by atoms with E-state index in [1.165, 1.54) is 15.2 Å². The molecular weight excluding hydrogens is 254 g/mol. The molecule has 1 fully saturated rings. The van der Waals surface area contributed by atoms with Crippen LogP contribution in [0.15, 0.2) is 23.3 Å². The molecule has 2 atom stereocenters. The molecule has 2 unspecified atom stereocenters. The summed E-state index contributed by atoms with van der Waals surface area (Å²) < 4.78 is 13.2. The smallest absolute Gasteiger partial charge is 0.336 e. The van der Waals surface area contributed by atoms with E-state index in [2.05, 4.69) is 4.98 Å². The van der Waals surface area contributed by atoms with Crippen LogP contribution in [0.25, 0.3) is 5.65 Å². The van der Waals surface area contributed by atoms with Gasteiger partial charge in [0.2, 0.25) is 0 Å². The quantitative estimate of drug-likeness (QED) is 0.729. The lowest BCUT2D eigenvalue weighted by molar-refractivity contribution is -0.0993. The fraction of sp³-hybridized carbons (Fsp3) is 0.455. The van der Waals surface area contributed by atoms with Crippen LogP contribution < -0.4 is 5.69 Å². The van der Waals surface area contributed by atoms with Crippen molar-refractivity contribution in [3.8, 4) is 0 Å². The number of ether oxygens (including phenoxy) is 2. The average Bonchev–Trinajstić information content (AvgIpc) is 3.05. The van der Waals surface area contributed by atoms with Crippen molar-refractivity contribution in [1.82, 2.24) is 14.0 Å². The van der Waals surface area contributed by atoms with Crippen LogP contribution in [0, 0.1) is 0 Å². The molecule has 2 N–H and O–H groups in total. The zero-order chi connectivity index (χ0) is 13.4. The number of fused-ring (bicyclic) bond motifs is 1. The molecule has 1 saturated heterocycles. The molecule has 0 bridgehead atoms. The summed E-state index contributed by atoms with van der Waals surface area (Å²) in [7, 11) is 0. The van der Waals surface area contributed by atoms with E-state index in [1.807, 2.05) is 0 Å². The van der Waals surface area contributed by atoms with Crippen molar-refractivity contribution in [2.24, 2.45) is 0 Å². The number of imidazole rings is 1. The lowest BCUT2D eigenvalue weighted by atomic mass is 10.5. The Hall–Kier alpha value is -1.74. The van der Waals surface area contributed by atoms with Crippen LogP contribution in [0.3, 0.4) is 0 Å². The molecule has 102 valence electrons. The fourth-order valence-corrected chi connectivity index (χ4v) is 2.03. The number of hydrogen-bond acceptors (Lipinski definition) is 6. The Bertz CT molecular complexity index is 649. The van der Waals surface area contributed by atoms with E-state index in [4.69, 9.17) is 19.7 Å². The summed E-state index contributed by atoms with van der Waals surface area (Å²) in [6.07, 6.45) is 1.75. The Labute approximate surface area is 107 Å². The number of hydrogen-bond donors (Lipinski definition) is 2. The minimum Gasteiger partial charge on any atom is -0.391 e. The molecule has 0 radical (unpaired) electrons. The van der Waals surface area contributed by atoms with Gasteiger partial charge in [0.15, 0.2) is 12.5 Å². The van der Waals surface area contributed by atoms with Crippen molar-refractivity contribution < 1.29 is 19.7 Å². The molecule has 0 aromatic carbocycles. The zero-order valence-electron chi connectivity index (χ0n) is 9.97. The van der Waals surface area contributed by atoms with Gasteiger partial charge in [-0.3, -0.25) is 8.97 Å². The van der Waals surface area contributed by atoms with Gasteiger partial charge in [0, 0.05) is 12.4 Å². The second kappa shape index (κ2) is 4.74. The summed E-state index contributed by atoms with van der Waals surface area (Å²) in [6, 6.07) is 1.65. The summed E-state index contributed by atoms with van der Waals surface area (Å²) in [5.41, 5.74) is 0.548. The molecule has 0 spiro atoms. The van der Waals surface area contributed by atoms with Crippen LogP contribution in [0.4, 0.5) is 0 Å². The van der Waals surface area contributed by atoms with Crippen LogP contribution in [0.2, 0.25) is 0 Å². The summed E-state index contributed by atoms with van der Waals surface area (Å²) in [5.74, 6) is 0. The molecule has 19 heavy (non-hydrogen) atoms. The van der Waals surface area contributed by atoms with E-state index in [-0.39, 0.29) is 25.5 Å². The SMILES string of the molecule is O=c1n(C2COC(CO)O2)ccc2nc(CO)cn12. The number of aromatic nitrogens is 3. The molecule has 0 amide bonds. The third-order valence-electron chi connectivity index (χ3n) is 2.95. The number of aliphatic hydroxyl groups is 2. The largest absolute Gasteiger partial charge is 0.391 e. The Balaban J connectivity index is 2.01. The molecule has 1 aliphatic rings. The Morgan fingerprint density at radius 3 is 3.00 bits per heavy atom. The Morgan fingerprint density at radius 2 is 2.32 bits per heavy atom. The van der Waals surface area contributed by atoms with Gasteiger partial charge < -0.3 is 19.7 Å². The average molecular weight is 267 g/mol. The molecule has 0 aliphatic carbocycles. The predicted molar refractivity (Wildman–Crippen MR) is 62.3 cm³/mol. The third-order valence-corrected chi connectivity index (χ3v) is 2.95. The molecule has 8 heteroatoms. The third kappa shape index (κ3) is 2.04. The van der Waals surface area contributed by atoms with Crippen molar-refractivity contribution in [2.75, 3.05) is 13.2 Å². The molecule has 3 rings (SSSR count). The highest BCUT2D eigenvalue weighted by molar-refractivity contribution is 5.38. The number of aliphatic hydroxyl groups excluding tert-OH is 2. The van der Waals surface area contributed by atoms with Gasteiger partial charge in [-0.1, -0.05) is 0 Å². The van der Waals surface area contributed by atoms with E-state index >= 15 is 0 Å². The van der Waals surface area contributed by atoms with Gasteiger partial charge in [-0.15, -0.1) is 0 Å². The maximum Gasteiger partial charge on any atom is 0.336 e. The molecule has 8 nitrogen and oxygen atoms in total. The van der Waals surface area contributed by atoms with E-state index < -0.39 is 12.5 Å². The van der Waals surface area contributed by atoms with Crippen molar-refractivity contribution in [3.05, 3.63) is 34.6 Å². The minimum atomic E-state index is -0.705. The standard InChI is InChI=1S/C11H13N3O5/c15-4-7-3-14-8(12-7)1-2-13(11(14)17)9-6-18-10(5-16)19-9/h1-3,9-10,15-16H,4-6H2. The normalized spacial score (nSPS) is 23.3. The molecule has 0 saturated carbocycles. The first-order valence-corrected chi connectivity index (χ1v) is 5.81. The summed E-state index contributed by atoms with van der Waals surface area (Å²) >= 11 is 0. The molecule has 3 heterocycles. The Morgan fingerprint density at radius 1 is 1.47 bits per heavy atom. The first-order chi connectivity index (χ1) is 9.22. The maximum absolute atomic E-state index is 12.2. The highest BCUT2D eigenvalue weighted by Gasteiger charge is 2.27. The zero-order valence-corrected chi connectivity index (χ0v) is 9.97. The van der Waals surface area contributed by atoms with Crippen LogP contribution in [-0.2, 0) is 16.1 Å². The molecular formula is C11H13N3O5. The van der Waals surface area contributed by atoms with Crippen molar-refractivity contribution in [3.63, 3.8) is 0 Å². The van der Waals surface area contributed by atoms with Crippen molar-refractivity contribution in [1.29, 1.82) is 0 Å². The second-order valence-corrected chi connectivity index (χ2v) is 4.16. The van der Waals surface area contributed by atoms with E-state index in [0.717, 1.165) is 0 Å². The van der Waals surface area contributed by atoms with Gasteiger partial charge in [0.1, 0.15) is 5.65 Å². The van der Waals surface area contributed by atoms with Crippen molar-refractivity contribution >= 4 is 5.65 Å². The van der Waals surface area contributed by atoms with E-state index in [9.17, 15) is 4.79 Å². The van der Waals surface area contributed by atoms with Crippen LogP contribution in [0.1, 0.15) is 11.9 Å². The molecule has 2 aromatic rings. The van der Waals surface area contributed by atoms with E-state index in [1.54, 1.807) is 12.3 Å². The van der Waals surface area contributed by atoms with Gasteiger partial charge >= 0.3 is 5.69 Å². The minimum absolute atomic E-state index is 0.193. The van der Waals surface area contributed by atoms with Gasteiger partial charge in [0.25, 0.3) is 0 Å². The topological polar surface area (TPSA) is 98.2 Å². The lowest BCUT2D eigenvalue weighted by Gasteiger charge is -2.12. The van der Waals surface area contributed by atoms with Crippen molar-refractivity contribution in [2.45, 2.75) is 19.1 Å². The maximum atomic E-state index is 12.2. The number of rotatable bonds is 3. The molecule has 1 aliphatic heterocycles. The summed E-state index contributed by atoms with van der Waals surface area (Å²) in [4.78, 5) is 16.3. The predicted octanol–water partition coefficient (Wildman–Crippen LogP) is -1.15. The van der Waals surface area contributed by atoms with Gasteiger partial charge in [-0.2, -0.15) is 0 Å². The number of nitrogens with zero attached hydrogens (tertiary/aromatic N) is 3. The van der Waals surface area contributed by atoms with Gasteiger partial charge in [0.05, 0.1) is 25.5 Å². The monoisotopic (exact) mass is 267 g/mol. The first kappa shape index (κ1) is 12.3. The van der Waals surface area contributed by atoms with Gasteiger partial charge in [-0.05, 0) is 6.07 Å². The van der Waals surface area contributed by atoms with Crippen LogP contribution in [0.5, 0.6) is 0 Å².